The molecular formula is C14H18N4O. The molecule has 1 aromatic heterocycles. The summed E-state index contributed by atoms with van der Waals surface area (Å²) >= 11 is 0. The number of nitrogens with one attached hydrogen (secondary N) is 1. The molecule has 1 atom stereocenters. The lowest BCUT2D eigenvalue weighted by molar-refractivity contribution is -0.122. The summed E-state index contributed by atoms with van der Waals surface area (Å²) in [4.78, 5) is 11.4. The molecule has 0 bridgehead atoms. The number of hydrogen-bond acceptors (Lipinski definition) is 3. The third kappa shape index (κ3) is 3.93. The van der Waals surface area contributed by atoms with Gasteiger partial charge in [-0.05, 0) is 12.5 Å². The van der Waals surface area contributed by atoms with Crippen molar-refractivity contribution < 1.29 is 4.79 Å². The third-order valence-electron chi connectivity index (χ3n) is 2.75. The van der Waals surface area contributed by atoms with Gasteiger partial charge in [0, 0.05) is 18.3 Å². The van der Waals surface area contributed by atoms with Crippen molar-refractivity contribution in [3.63, 3.8) is 0 Å². The standard InChI is InChI=1S/C14H18N4O/c1-11(15)14(19)16-7-13-8-17-18(10-13)9-12-5-3-2-4-6-12/h2-6,8,10-11H,7,9,15H2,1H3,(H,16,19)/t11-/m1/s1. The molecule has 0 fully saturated rings. The highest BCUT2D eigenvalue weighted by Crippen LogP contribution is 2.03. The van der Waals surface area contributed by atoms with E-state index in [2.05, 4.69) is 22.5 Å². The van der Waals surface area contributed by atoms with E-state index < -0.39 is 6.04 Å². The monoisotopic (exact) mass is 258 g/mol. The molecule has 0 spiro atoms. The van der Waals surface area contributed by atoms with Gasteiger partial charge in [-0.25, -0.2) is 0 Å². The summed E-state index contributed by atoms with van der Waals surface area (Å²) in [6, 6.07) is 9.62. The average Bonchev–Trinajstić information content (AvgIpc) is 2.84. The van der Waals surface area contributed by atoms with Crippen LogP contribution in [0.15, 0.2) is 42.7 Å². The van der Waals surface area contributed by atoms with E-state index in [1.54, 1.807) is 13.1 Å². The largest absolute Gasteiger partial charge is 0.351 e. The molecular weight excluding hydrogens is 240 g/mol. The molecule has 3 N–H and O–H groups in total. The Hall–Kier alpha value is -2.14. The highest BCUT2D eigenvalue weighted by Gasteiger charge is 2.07. The molecule has 0 aliphatic carbocycles. The van der Waals surface area contributed by atoms with Crippen LogP contribution in [0.1, 0.15) is 18.1 Å². The van der Waals surface area contributed by atoms with Gasteiger partial charge in [0.1, 0.15) is 0 Å². The lowest BCUT2D eigenvalue weighted by Gasteiger charge is -2.05. The van der Waals surface area contributed by atoms with Crippen LogP contribution >= 0.6 is 0 Å². The second-order valence-electron chi connectivity index (χ2n) is 4.54. The summed E-state index contributed by atoms with van der Waals surface area (Å²) in [6.45, 7) is 2.84. The van der Waals surface area contributed by atoms with Crippen LogP contribution in [-0.4, -0.2) is 21.7 Å². The Morgan fingerprint density at radius 3 is 2.79 bits per heavy atom. The number of rotatable bonds is 5. The molecule has 1 heterocycles. The molecule has 0 aliphatic heterocycles. The molecule has 1 amide bonds. The fraction of sp³-hybridized carbons (Fsp3) is 0.286. The summed E-state index contributed by atoms with van der Waals surface area (Å²) in [5.74, 6) is -0.157. The zero-order valence-electron chi connectivity index (χ0n) is 10.9. The minimum atomic E-state index is -0.487. The molecule has 0 radical (unpaired) electrons. The van der Waals surface area contributed by atoms with E-state index in [0.717, 1.165) is 12.1 Å². The van der Waals surface area contributed by atoms with Crippen LogP contribution in [0.2, 0.25) is 0 Å². The number of amides is 1. The van der Waals surface area contributed by atoms with Gasteiger partial charge in [-0.2, -0.15) is 5.10 Å². The van der Waals surface area contributed by atoms with Crippen molar-refractivity contribution in [2.24, 2.45) is 5.73 Å². The van der Waals surface area contributed by atoms with Crippen molar-refractivity contribution in [1.82, 2.24) is 15.1 Å². The first-order valence-corrected chi connectivity index (χ1v) is 6.23. The van der Waals surface area contributed by atoms with Crippen molar-refractivity contribution >= 4 is 5.91 Å². The van der Waals surface area contributed by atoms with Crippen LogP contribution in [0.4, 0.5) is 0 Å². The normalized spacial score (nSPS) is 12.1. The topological polar surface area (TPSA) is 72.9 Å². The molecule has 2 rings (SSSR count). The molecule has 100 valence electrons. The molecule has 5 nitrogen and oxygen atoms in total. The van der Waals surface area contributed by atoms with Gasteiger partial charge in [0.15, 0.2) is 0 Å². The van der Waals surface area contributed by atoms with E-state index in [9.17, 15) is 4.79 Å². The summed E-state index contributed by atoms with van der Waals surface area (Å²) in [7, 11) is 0. The molecule has 0 saturated heterocycles. The van der Waals surface area contributed by atoms with Crippen LogP contribution in [0.5, 0.6) is 0 Å². The van der Waals surface area contributed by atoms with Crippen LogP contribution in [-0.2, 0) is 17.9 Å². The molecule has 1 aromatic carbocycles. The molecule has 0 saturated carbocycles. The van der Waals surface area contributed by atoms with E-state index in [0.29, 0.717) is 6.54 Å². The first kappa shape index (κ1) is 13.3. The van der Waals surface area contributed by atoms with Gasteiger partial charge in [-0.15, -0.1) is 0 Å². The predicted molar refractivity (Wildman–Crippen MR) is 73.3 cm³/mol. The first-order valence-electron chi connectivity index (χ1n) is 6.23. The van der Waals surface area contributed by atoms with E-state index in [-0.39, 0.29) is 5.91 Å². The second-order valence-corrected chi connectivity index (χ2v) is 4.54. The smallest absolute Gasteiger partial charge is 0.236 e. The van der Waals surface area contributed by atoms with Crippen molar-refractivity contribution in [3.05, 3.63) is 53.9 Å². The number of carbonyl (C=O) groups is 1. The fourth-order valence-corrected chi connectivity index (χ4v) is 1.70. The van der Waals surface area contributed by atoms with Gasteiger partial charge < -0.3 is 11.1 Å². The Morgan fingerprint density at radius 1 is 1.37 bits per heavy atom. The minimum Gasteiger partial charge on any atom is -0.351 e. The maximum Gasteiger partial charge on any atom is 0.236 e. The number of hydrogen-bond donors (Lipinski definition) is 2. The van der Waals surface area contributed by atoms with Crippen molar-refractivity contribution in [2.45, 2.75) is 26.1 Å². The Labute approximate surface area is 112 Å². The number of carbonyl (C=O) groups excluding carboxylic acids is 1. The quantitative estimate of drug-likeness (QED) is 0.836. The fourth-order valence-electron chi connectivity index (χ4n) is 1.70. The van der Waals surface area contributed by atoms with Gasteiger partial charge in [0.25, 0.3) is 0 Å². The van der Waals surface area contributed by atoms with Gasteiger partial charge in [-0.1, -0.05) is 30.3 Å². The van der Waals surface area contributed by atoms with Crippen LogP contribution in [0.25, 0.3) is 0 Å². The SMILES string of the molecule is C[C@@H](N)C(=O)NCc1cnn(Cc2ccccc2)c1. The van der Waals surface area contributed by atoms with Crippen LogP contribution < -0.4 is 11.1 Å². The molecule has 2 aromatic rings. The number of aromatic nitrogens is 2. The predicted octanol–water partition coefficient (Wildman–Crippen LogP) is 0.895. The highest BCUT2D eigenvalue weighted by molar-refractivity contribution is 5.80. The van der Waals surface area contributed by atoms with Gasteiger partial charge in [0.2, 0.25) is 5.91 Å². The number of nitrogens with two attached hydrogens (primary N) is 1. The molecule has 5 heteroatoms. The summed E-state index contributed by atoms with van der Waals surface area (Å²) in [5.41, 5.74) is 7.63. The van der Waals surface area contributed by atoms with Crippen LogP contribution in [0.3, 0.4) is 0 Å². The van der Waals surface area contributed by atoms with E-state index >= 15 is 0 Å². The lowest BCUT2D eigenvalue weighted by atomic mass is 10.2. The lowest BCUT2D eigenvalue weighted by Crippen LogP contribution is -2.37. The van der Waals surface area contributed by atoms with Crippen molar-refractivity contribution in [3.8, 4) is 0 Å². The number of nitrogens with zero attached hydrogens (tertiary/aromatic N) is 2. The van der Waals surface area contributed by atoms with Gasteiger partial charge >= 0.3 is 0 Å². The average molecular weight is 258 g/mol. The zero-order valence-corrected chi connectivity index (χ0v) is 10.9. The second kappa shape index (κ2) is 6.15. The summed E-state index contributed by atoms with van der Waals surface area (Å²) in [6.07, 6.45) is 3.68. The maximum absolute atomic E-state index is 11.4. The molecule has 19 heavy (non-hydrogen) atoms. The van der Waals surface area contributed by atoms with E-state index in [1.165, 1.54) is 5.56 Å². The van der Waals surface area contributed by atoms with Crippen molar-refractivity contribution in [2.75, 3.05) is 0 Å². The Balaban J connectivity index is 1.91. The van der Waals surface area contributed by atoms with Crippen LogP contribution in [0, 0.1) is 0 Å². The zero-order chi connectivity index (χ0) is 13.7. The Morgan fingerprint density at radius 2 is 2.11 bits per heavy atom. The summed E-state index contributed by atoms with van der Waals surface area (Å²) < 4.78 is 1.85. The van der Waals surface area contributed by atoms with Crippen molar-refractivity contribution in [1.29, 1.82) is 0 Å². The Bertz CT molecular complexity index is 533. The number of benzene rings is 1. The van der Waals surface area contributed by atoms with E-state index in [1.807, 2.05) is 29.1 Å². The van der Waals surface area contributed by atoms with E-state index in [4.69, 9.17) is 5.73 Å². The summed E-state index contributed by atoms with van der Waals surface area (Å²) in [5, 5.41) is 7.03. The Kier molecular flexibility index (Phi) is 4.30. The molecule has 0 unspecified atom stereocenters. The van der Waals surface area contributed by atoms with Gasteiger partial charge in [-0.3, -0.25) is 9.48 Å². The minimum absolute atomic E-state index is 0.157. The highest BCUT2D eigenvalue weighted by atomic mass is 16.2. The first-order chi connectivity index (χ1) is 9.15. The third-order valence-corrected chi connectivity index (χ3v) is 2.75. The van der Waals surface area contributed by atoms with Gasteiger partial charge in [0.05, 0.1) is 18.8 Å². The molecule has 0 aliphatic rings. The maximum atomic E-state index is 11.4.